The van der Waals surface area contributed by atoms with Gasteiger partial charge in [0.1, 0.15) is 10.8 Å². The molecule has 1 rings (SSSR count). The highest BCUT2D eigenvalue weighted by molar-refractivity contribution is 8.13. The van der Waals surface area contributed by atoms with E-state index in [0.29, 0.717) is 10.8 Å². The number of thioether (sulfide) groups is 1. The highest BCUT2D eigenvalue weighted by Crippen LogP contribution is 2.49. The summed E-state index contributed by atoms with van der Waals surface area (Å²) in [6.07, 6.45) is 1.84. The van der Waals surface area contributed by atoms with Crippen molar-refractivity contribution < 1.29 is 18.2 Å². The second kappa shape index (κ2) is 7.58. The van der Waals surface area contributed by atoms with E-state index in [4.69, 9.17) is 13.7 Å². The van der Waals surface area contributed by atoms with E-state index in [9.17, 15) is 4.57 Å². The van der Waals surface area contributed by atoms with Crippen molar-refractivity contribution in [3.63, 3.8) is 0 Å². The quantitative estimate of drug-likeness (QED) is 0.340. The molecular formula is C12H18NO4PS. The van der Waals surface area contributed by atoms with Crippen molar-refractivity contribution in [3.05, 3.63) is 29.8 Å². The molecule has 7 heteroatoms. The average Bonchev–Trinajstić information content (AvgIpc) is 2.39. The summed E-state index contributed by atoms with van der Waals surface area (Å²) in [7, 11) is -3.72. The fraction of sp³-hybridized carbons (Fsp3) is 0.417. The molecule has 0 aliphatic heterocycles. The topological polar surface area (TPSA) is 57.1 Å². The van der Waals surface area contributed by atoms with Crippen molar-refractivity contribution in [1.82, 2.24) is 0 Å². The van der Waals surface area contributed by atoms with Gasteiger partial charge in [-0.25, -0.2) is 4.57 Å². The van der Waals surface area contributed by atoms with Crippen LogP contribution in [0.3, 0.4) is 0 Å². The normalized spacial score (nSPS) is 14.8. The molecule has 0 amide bonds. The maximum Gasteiger partial charge on any atom is 0.608 e. The number of hydrogen-bond donors (Lipinski definition) is 0. The Morgan fingerprint density at radius 2 is 2.00 bits per heavy atom. The lowest BCUT2D eigenvalue weighted by molar-refractivity contribution is 0.166. The molecule has 0 N–H and O–H groups in total. The molecule has 1 aromatic carbocycles. The van der Waals surface area contributed by atoms with Crippen molar-refractivity contribution in [3.8, 4) is 5.75 Å². The Balaban J connectivity index is 2.81. The zero-order chi connectivity index (χ0) is 14.3. The SMILES string of the molecule is CCOP(=O)(O/N=C(\C)SC)Oc1ccc(C)cc1. The second-order valence-electron chi connectivity index (χ2n) is 3.67. The van der Waals surface area contributed by atoms with Gasteiger partial charge in [0.2, 0.25) is 0 Å². The van der Waals surface area contributed by atoms with Crippen LogP contribution >= 0.6 is 19.6 Å². The summed E-state index contributed by atoms with van der Waals surface area (Å²) in [5.74, 6) is 0.416. The van der Waals surface area contributed by atoms with E-state index in [-0.39, 0.29) is 6.61 Å². The largest absolute Gasteiger partial charge is 0.608 e. The van der Waals surface area contributed by atoms with Crippen molar-refractivity contribution >= 4 is 24.6 Å². The van der Waals surface area contributed by atoms with Gasteiger partial charge in [0, 0.05) is 0 Å². The third-order valence-corrected chi connectivity index (χ3v) is 4.05. The van der Waals surface area contributed by atoms with Gasteiger partial charge in [-0.3, -0.25) is 9.15 Å². The van der Waals surface area contributed by atoms with Gasteiger partial charge in [-0.1, -0.05) is 22.9 Å². The lowest BCUT2D eigenvalue weighted by Gasteiger charge is -2.15. The van der Waals surface area contributed by atoms with Crippen LogP contribution in [0.2, 0.25) is 0 Å². The molecule has 0 saturated heterocycles. The number of nitrogens with zero attached hydrogens (tertiary/aromatic N) is 1. The first-order chi connectivity index (χ1) is 8.99. The van der Waals surface area contributed by atoms with Crippen LogP contribution in [0.5, 0.6) is 5.75 Å². The summed E-state index contributed by atoms with van der Waals surface area (Å²) in [6.45, 7) is 5.61. The Bertz CT molecular complexity index is 475. The number of aryl methyl sites for hydroxylation is 1. The van der Waals surface area contributed by atoms with Crippen molar-refractivity contribution in [2.45, 2.75) is 20.8 Å². The summed E-state index contributed by atoms with van der Waals surface area (Å²) in [5, 5.41) is 4.35. The van der Waals surface area contributed by atoms with Gasteiger partial charge in [0.05, 0.1) is 6.61 Å². The average molecular weight is 303 g/mol. The summed E-state index contributed by atoms with van der Waals surface area (Å²) in [4.78, 5) is 0. The van der Waals surface area contributed by atoms with E-state index >= 15 is 0 Å². The van der Waals surface area contributed by atoms with Crippen LogP contribution in [-0.2, 0) is 13.7 Å². The van der Waals surface area contributed by atoms with Crippen molar-refractivity contribution in [1.29, 1.82) is 0 Å². The van der Waals surface area contributed by atoms with Gasteiger partial charge in [-0.15, -0.1) is 11.8 Å². The maximum atomic E-state index is 12.3. The molecule has 0 radical (unpaired) electrons. The Labute approximate surface area is 117 Å². The highest BCUT2D eigenvalue weighted by Gasteiger charge is 2.30. The van der Waals surface area contributed by atoms with Crippen molar-refractivity contribution in [2.24, 2.45) is 5.16 Å². The third kappa shape index (κ3) is 5.68. The summed E-state index contributed by atoms with van der Waals surface area (Å²) in [5.41, 5.74) is 1.08. The molecule has 0 heterocycles. The molecule has 0 saturated carbocycles. The van der Waals surface area contributed by atoms with E-state index in [1.165, 1.54) is 11.8 Å². The fourth-order valence-corrected chi connectivity index (χ4v) is 2.32. The van der Waals surface area contributed by atoms with Gasteiger partial charge in [-0.2, -0.15) is 0 Å². The van der Waals surface area contributed by atoms with Gasteiger partial charge < -0.3 is 4.52 Å². The zero-order valence-electron chi connectivity index (χ0n) is 11.5. The number of rotatable bonds is 6. The molecule has 0 aliphatic carbocycles. The van der Waals surface area contributed by atoms with Crippen LogP contribution in [0.4, 0.5) is 0 Å². The zero-order valence-corrected chi connectivity index (χ0v) is 13.2. The number of oxime groups is 1. The van der Waals surface area contributed by atoms with Crippen LogP contribution in [-0.4, -0.2) is 17.9 Å². The predicted octanol–water partition coefficient (Wildman–Crippen LogP) is 4.23. The standard InChI is InChI=1S/C12H18NO4PS/c1-5-15-18(14,17-13-11(3)19-4)16-12-8-6-10(2)7-9-12/h6-9H,5H2,1-4H3/b13-11+. The second-order valence-corrected chi connectivity index (χ2v) is 6.16. The molecule has 1 atom stereocenters. The summed E-state index contributed by atoms with van der Waals surface area (Å²) < 4.78 is 27.6. The van der Waals surface area contributed by atoms with E-state index < -0.39 is 7.82 Å². The number of hydrogen-bond acceptors (Lipinski definition) is 6. The maximum absolute atomic E-state index is 12.3. The molecule has 106 valence electrons. The van der Waals surface area contributed by atoms with Gasteiger partial charge in [0.25, 0.3) is 0 Å². The van der Waals surface area contributed by atoms with E-state index in [2.05, 4.69) is 5.16 Å². The first kappa shape index (κ1) is 16.1. The summed E-state index contributed by atoms with van der Waals surface area (Å²) in [6, 6.07) is 7.11. The minimum atomic E-state index is -3.72. The fourth-order valence-electron chi connectivity index (χ4n) is 1.10. The monoisotopic (exact) mass is 303 g/mol. The third-order valence-electron chi connectivity index (χ3n) is 2.09. The number of benzene rings is 1. The molecule has 5 nitrogen and oxygen atoms in total. The molecule has 0 spiro atoms. The molecule has 1 unspecified atom stereocenters. The van der Waals surface area contributed by atoms with Crippen molar-refractivity contribution in [2.75, 3.05) is 12.9 Å². The molecule has 0 aliphatic rings. The Hall–Kier alpha value is -0.970. The molecular weight excluding hydrogens is 285 g/mol. The molecule has 0 aromatic heterocycles. The Morgan fingerprint density at radius 1 is 1.37 bits per heavy atom. The molecule has 1 aromatic rings. The molecule has 0 bridgehead atoms. The Morgan fingerprint density at radius 3 is 2.53 bits per heavy atom. The minimum Gasteiger partial charge on any atom is -0.394 e. The minimum absolute atomic E-state index is 0.205. The highest BCUT2D eigenvalue weighted by atomic mass is 32.2. The number of phosphoric acid groups is 1. The smallest absolute Gasteiger partial charge is 0.394 e. The van der Waals surface area contributed by atoms with Crippen LogP contribution < -0.4 is 4.52 Å². The molecule has 19 heavy (non-hydrogen) atoms. The van der Waals surface area contributed by atoms with Crippen LogP contribution in [0.1, 0.15) is 19.4 Å². The first-order valence-electron chi connectivity index (χ1n) is 5.77. The van der Waals surface area contributed by atoms with Crippen LogP contribution in [0.25, 0.3) is 0 Å². The Kier molecular flexibility index (Phi) is 6.42. The van der Waals surface area contributed by atoms with Gasteiger partial charge in [0.15, 0.2) is 0 Å². The van der Waals surface area contributed by atoms with Crippen LogP contribution in [0.15, 0.2) is 29.4 Å². The van der Waals surface area contributed by atoms with Crippen LogP contribution in [0, 0.1) is 6.92 Å². The predicted molar refractivity (Wildman–Crippen MR) is 78.7 cm³/mol. The van der Waals surface area contributed by atoms with E-state index in [1.807, 2.05) is 25.3 Å². The summed E-state index contributed by atoms with van der Waals surface area (Å²) >= 11 is 1.38. The lowest BCUT2D eigenvalue weighted by Crippen LogP contribution is -2.00. The van der Waals surface area contributed by atoms with E-state index in [0.717, 1.165) is 5.56 Å². The van der Waals surface area contributed by atoms with Gasteiger partial charge >= 0.3 is 7.82 Å². The van der Waals surface area contributed by atoms with E-state index in [1.54, 1.807) is 26.0 Å². The van der Waals surface area contributed by atoms with Gasteiger partial charge in [-0.05, 0) is 39.2 Å². The molecule has 0 fully saturated rings. The number of phosphoric ester groups is 1. The lowest BCUT2D eigenvalue weighted by atomic mass is 10.2. The first-order valence-corrected chi connectivity index (χ1v) is 8.46.